The number of alkyl halides is 3. The zero-order valence-electron chi connectivity index (χ0n) is 21.9. The second-order valence-electron chi connectivity index (χ2n) is 9.27. The summed E-state index contributed by atoms with van der Waals surface area (Å²) in [5.74, 6) is 0.123. The van der Waals surface area contributed by atoms with Crippen LogP contribution in [0.25, 0.3) is 11.3 Å². The summed E-state index contributed by atoms with van der Waals surface area (Å²) in [6.07, 6.45) is -2.88. The van der Waals surface area contributed by atoms with Crippen LogP contribution < -0.4 is 10.1 Å². The van der Waals surface area contributed by atoms with Crippen molar-refractivity contribution < 1.29 is 27.4 Å². The number of nitrogens with zero attached hydrogens (tertiary/aromatic N) is 2. The molecule has 1 N–H and O–H groups in total. The van der Waals surface area contributed by atoms with Gasteiger partial charge >= 0.3 is 12.1 Å². The van der Waals surface area contributed by atoms with Crippen LogP contribution in [0.2, 0.25) is 0 Å². The van der Waals surface area contributed by atoms with Crippen LogP contribution in [0.15, 0.2) is 54.6 Å². The van der Waals surface area contributed by atoms with Gasteiger partial charge in [0.2, 0.25) is 0 Å². The fourth-order valence-electron chi connectivity index (χ4n) is 4.00. The third-order valence-corrected chi connectivity index (χ3v) is 5.99. The summed E-state index contributed by atoms with van der Waals surface area (Å²) in [4.78, 5) is 12.1. The van der Waals surface area contributed by atoms with Crippen LogP contribution in [0.1, 0.15) is 57.0 Å². The van der Waals surface area contributed by atoms with Crippen LogP contribution in [-0.4, -0.2) is 35.0 Å². The minimum absolute atomic E-state index is 0.0418. The number of halogens is 3. The maximum absolute atomic E-state index is 13.0. The van der Waals surface area contributed by atoms with E-state index in [-0.39, 0.29) is 12.6 Å². The number of carbonyl (C=O) groups is 1. The van der Waals surface area contributed by atoms with Crippen LogP contribution >= 0.6 is 0 Å². The third-order valence-electron chi connectivity index (χ3n) is 5.99. The van der Waals surface area contributed by atoms with Crippen molar-refractivity contribution in [2.45, 2.75) is 64.9 Å². The number of benzene rings is 2. The zero-order chi connectivity index (χ0) is 27.2. The molecule has 2 aromatic carbocycles. The second kappa shape index (κ2) is 11.8. The van der Waals surface area contributed by atoms with E-state index >= 15 is 0 Å². The predicted octanol–water partition coefficient (Wildman–Crippen LogP) is 6.20. The molecule has 0 aliphatic carbocycles. The number of aryl methyl sites for hydroxylation is 1. The Labute approximate surface area is 215 Å². The highest BCUT2D eigenvalue weighted by atomic mass is 19.4. The van der Waals surface area contributed by atoms with Crippen molar-refractivity contribution in [1.29, 1.82) is 0 Å². The Kier molecular flexibility index (Phi) is 9.02. The number of aromatic nitrogens is 2. The lowest BCUT2D eigenvalue weighted by Gasteiger charge is -2.24. The van der Waals surface area contributed by atoms with E-state index in [4.69, 9.17) is 9.47 Å². The first-order valence-electron chi connectivity index (χ1n) is 12.4. The summed E-state index contributed by atoms with van der Waals surface area (Å²) < 4.78 is 51.7. The molecule has 3 rings (SSSR count). The standard InChI is InChI=1S/C28H34F3N3O3/c1-6-16-34-22(18-25(33-34)20-8-12-21(13-9-20)28(29,30)31)17-24(32-5)19-10-14-23(15-11-19)37-27(3,4)26(35)36-7-2/h8-15,18,24,32H,6-7,16-17H2,1-5H3. The molecule has 3 aromatic rings. The molecule has 6 nitrogen and oxygen atoms in total. The maximum atomic E-state index is 13.0. The van der Waals surface area contributed by atoms with Crippen molar-refractivity contribution >= 4 is 5.97 Å². The molecule has 37 heavy (non-hydrogen) atoms. The number of esters is 1. The van der Waals surface area contributed by atoms with E-state index in [9.17, 15) is 18.0 Å². The fourth-order valence-corrected chi connectivity index (χ4v) is 4.00. The van der Waals surface area contributed by atoms with Gasteiger partial charge < -0.3 is 14.8 Å². The number of nitrogens with one attached hydrogen (secondary N) is 1. The van der Waals surface area contributed by atoms with E-state index in [0.717, 1.165) is 29.8 Å². The number of rotatable bonds is 11. The quantitative estimate of drug-likeness (QED) is 0.307. The number of likely N-dealkylation sites (N-methyl/N-ethyl adjacent to an activating group) is 1. The van der Waals surface area contributed by atoms with Crippen molar-refractivity contribution in [3.8, 4) is 17.0 Å². The molecule has 1 unspecified atom stereocenters. The second-order valence-corrected chi connectivity index (χ2v) is 9.27. The van der Waals surface area contributed by atoms with Gasteiger partial charge in [-0.1, -0.05) is 31.2 Å². The lowest BCUT2D eigenvalue weighted by atomic mass is 10.0. The summed E-state index contributed by atoms with van der Waals surface area (Å²) in [5, 5.41) is 8.00. The van der Waals surface area contributed by atoms with Crippen LogP contribution in [0.3, 0.4) is 0 Å². The van der Waals surface area contributed by atoms with Gasteiger partial charge in [-0.15, -0.1) is 0 Å². The predicted molar refractivity (Wildman–Crippen MR) is 136 cm³/mol. The van der Waals surface area contributed by atoms with Crippen molar-refractivity contribution in [3.63, 3.8) is 0 Å². The Hall–Kier alpha value is -3.33. The first-order chi connectivity index (χ1) is 17.5. The largest absolute Gasteiger partial charge is 0.476 e. The summed E-state index contributed by atoms with van der Waals surface area (Å²) >= 11 is 0. The molecule has 1 atom stereocenters. The summed E-state index contributed by atoms with van der Waals surface area (Å²) in [5.41, 5.74) is 1.47. The molecule has 0 aliphatic rings. The smallest absolute Gasteiger partial charge is 0.416 e. The minimum atomic E-state index is -4.37. The molecule has 1 aromatic heterocycles. The van der Waals surface area contributed by atoms with Gasteiger partial charge in [0.05, 0.1) is 17.9 Å². The van der Waals surface area contributed by atoms with Crippen LogP contribution in [0.4, 0.5) is 13.2 Å². The molecule has 0 radical (unpaired) electrons. The summed E-state index contributed by atoms with van der Waals surface area (Å²) in [6.45, 7) is 8.11. The Morgan fingerprint density at radius 2 is 1.70 bits per heavy atom. The zero-order valence-corrected chi connectivity index (χ0v) is 21.9. The average Bonchev–Trinajstić information content (AvgIpc) is 3.25. The highest BCUT2D eigenvalue weighted by Crippen LogP contribution is 2.31. The molecular formula is C28H34F3N3O3. The molecule has 0 fully saturated rings. The van der Waals surface area contributed by atoms with E-state index in [1.807, 2.05) is 42.1 Å². The minimum Gasteiger partial charge on any atom is -0.476 e. The Bertz CT molecular complexity index is 1170. The average molecular weight is 518 g/mol. The van der Waals surface area contributed by atoms with Gasteiger partial charge in [0, 0.05) is 30.3 Å². The molecule has 1 heterocycles. The van der Waals surface area contributed by atoms with E-state index < -0.39 is 23.3 Å². The molecule has 0 spiro atoms. The summed E-state index contributed by atoms with van der Waals surface area (Å²) in [6, 6.07) is 14.5. The van der Waals surface area contributed by atoms with Crippen molar-refractivity contribution in [3.05, 3.63) is 71.4 Å². The number of ether oxygens (including phenoxy) is 2. The Balaban J connectivity index is 1.79. The van der Waals surface area contributed by atoms with Crippen molar-refractivity contribution in [2.24, 2.45) is 0 Å². The SMILES string of the molecule is CCCn1nc(-c2ccc(C(F)(F)F)cc2)cc1CC(NC)c1ccc(OC(C)(C)C(=O)OCC)cc1. The van der Waals surface area contributed by atoms with Crippen LogP contribution in [0, 0.1) is 0 Å². The normalized spacial score (nSPS) is 12.9. The van der Waals surface area contributed by atoms with E-state index in [1.54, 1.807) is 20.8 Å². The molecule has 0 aliphatic heterocycles. The van der Waals surface area contributed by atoms with E-state index in [1.165, 1.54) is 12.1 Å². The van der Waals surface area contributed by atoms with Gasteiger partial charge in [0.25, 0.3) is 0 Å². The highest BCUT2D eigenvalue weighted by Gasteiger charge is 2.32. The Morgan fingerprint density at radius 3 is 2.24 bits per heavy atom. The number of hydrogen-bond acceptors (Lipinski definition) is 5. The van der Waals surface area contributed by atoms with Gasteiger partial charge in [-0.2, -0.15) is 18.3 Å². The van der Waals surface area contributed by atoms with Gasteiger partial charge in [0.15, 0.2) is 5.60 Å². The van der Waals surface area contributed by atoms with Crippen LogP contribution in [-0.2, 0) is 28.7 Å². The van der Waals surface area contributed by atoms with Crippen molar-refractivity contribution in [2.75, 3.05) is 13.7 Å². The third kappa shape index (κ3) is 7.13. The first-order valence-corrected chi connectivity index (χ1v) is 12.4. The van der Waals surface area contributed by atoms with E-state index in [0.29, 0.717) is 30.0 Å². The van der Waals surface area contributed by atoms with Gasteiger partial charge in [-0.05, 0) is 70.1 Å². The summed E-state index contributed by atoms with van der Waals surface area (Å²) in [7, 11) is 1.87. The number of hydrogen-bond donors (Lipinski definition) is 1. The highest BCUT2D eigenvalue weighted by molar-refractivity contribution is 5.79. The molecule has 9 heteroatoms. The molecular weight excluding hydrogens is 483 g/mol. The molecule has 0 bridgehead atoms. The van der Waals surface area contributed by atoms with Crippen molar-refractivity contribution in [1.82, 2.24) is 15.1 Å². The molecule has 200 valence electrons. The first kappa shape index (κ1) is 28.2. The van der Waals surface area contributed by atoms with Gasteiger partial charge in [-0.25, -0.2) is 4.79 Å². The van der Waals surface area contributed by atoms with Crippen LogP contribution in [0.5, 0.6) is 5.75 Å². The van der Waals surface area contributed by atoms with Gasteiger partial charge in [0.1, 0.15) is 5.75 Å². The molecule has 0 amide bonds. The lowest BCUT2D eigenvalue weighted by Crippen LogP contribution is -2.39. The molecule has 0 saturated carbocycles. The lowest BCUT2D eigenvalue weighted by molar-refractivity contribution is -0.158. The maximum Gasteiger partial charge on any atom is 0.416 e. The van der Waals surface area contributed by atoms with E-state index in [2.05, 4.69) is 17.3 Å². The number of carbonyl (C=O) groups excluding carboxylic acids is 1. The molecule has 0 saturated heterocycles. The Morgan fingerprint density at radius 1 is 1.05 bits per heavy atom. The van der Waals surface area contributed by atoms with Gasteiger partial charge in [-0.3, -0.25) is 4.68 Å². The topological polar surface area (TPSA) is 65.4 Å². The monoisotopic (exact) mass is 517 g/mol. The fraction of sp³-hybridized carbons (Fsp3) is 0.429.